The molecule has 0 aliphatic carbocycles. The van der Waals surface area contributed by atoms with E-state index in [-0.39, 0.29) is 24.0 Å². The average molecular weight is 2130 g/mol. The molecule has 22 rings (SSSR count). The Morgan fingerprint density at radius 3 is 1.18 bits per heavy atom. The number of hydrogen-bond donors (Lipinski definition) is 8. The number of carbonyl (C=O) groups is 1. The number of primary amides is 1. The topological polar surface area (TPSA) is 505 Å². The molecule has 18 aromatic heterocycles. The lowest BCUT2D eigenvalue weighted by Gasteiger charge is -2.06. The second kappa shape index (κ2) is 42.8. The van der Waals surface area contributed by atoms with Gasteiger partial charge in [0.15, 0.2) is 6.61 Å². The van der Waals surface area contributed by atoms with Gasteiger partial charge in [-0.3, -0.25) is 9.78 Å². The number of nitrogens with zero attached hydrogens (tertiary/aromatic N) is 17. The fourth-order valence-corrected chi connectivity index (χ4v) is 23.1. The monoisotopic (exact) mass is 2120 g/mol. The minimum atomic E-state index is -0.500. The number of halogens is 4. The Morgan fingerprint density at radius 1 is 0.377 bits per heavy atom. The van der Waals surface area contributed by atoms with E-state index < -0.39 is 11.7 Å². The molecule has 0 radical (unpaired) electrons. The first-order chi connectivity index (χ1) is 69.9. The van der Waals surface area contributed by atoms with Gasteiger partial charge in [-0.1, -0.05) is 102 Å². The van der Waals surface area contributed by atoms with Gasteiger partial charge in [0.05, 0.1) is 60.3 Å². The van der Waals surface area contributed by atoms with Crippen molar-refractivity contribution in [3.8, 4) is 106 Å². The Kier molecular flexibility index (Phi) is 30.0. The van der Waals surface area contributed by atoms with E-state index in [2.05, 4.69) is 140 Å². The van der Waals surface area contributed by atoms with Gasteiger partial charge in [0.25, 0.3) is 47.1 Å². The molecule has 18 heterocycles. The van der Waals surface area contributed by atoms with Crippen LogP contribution in [0.2, 0.25) is 15.1 Å². The molecule has 0 bridgehead atoms. The molecule has 42 heteroatoms. The SMILES string of the molecule is CCCCNc1cc(C)c2c(N)c(C(N)=O)sc2n1.Cc1ccccc1-c1nnc(-c2sc3nc(C)c(C)c(C)c3c2N)o1.Cc1nc2sc(-c3nc(COc4ccc(Cl)c(Cl)c4)no3)c(N)c2c(C)c1C.Cc1nc2sc(-c3nnc(-c4ccccc4Cl)o3)c(N)c2c(C)c1C.Cc1nc2sc(-c3nnc(-c4ccccc4F)o3)c(N)c2c(C)c1C.Cc1nc2sc(-c3nnc(-c4ccccn4)o3)c(N)c2c(C)c1C. The number of ether oxygens (including phenoxy) is 1. The van der Waals surface area contributed by atoms with Crippen LogP contribution in [0.3, 0.4) is 0 Å². The number of nitrogens with two attached hydrogens (primary N) is 7. The van der Waals surface area contributed by atoms with Crippen molar-refractivity contribution in [1.29, 1.82) is 0 Å². The molecule has 744 valence electrons. The molecule has 1 amide bonds. The van der Waals surface area contributed by atoms with Crippen molar-refractivity contribution in [3.05, 3.63) is 248 Å². The number of anilines is 7. The van der Waals surface area contributed by atoms with Crippen molar-refractivity contribution in [2.75, 3.05) is 46.3 Å². The van der Waals surface area contributed by atoms with E-state index in [1.165, 1.54) is 74.1 Å². The van der Waals surface area contributed by atoms with Crippen LogP contribution in [0.5, 0.6) is 5.75 Å². The highest BCUT2D eigenvalue weighted by Crippen LogP contribution is 2.50. The molecule has 0 saturated carbocycles. The van der Waals surface area contributed by atoms with Gasteiger partial charge in [-0.2, -0.15) is 4.98 Å². The second-order valence-electron chi connectivity index (χ2n) is 34.4. The van der Waals surface area contributed by atoms with Gasteiger partial charge in [-0.25, -0.2) is 34.3 Å². The van der Waals surface area contributed by atoms with Crippen LogP contribution in [0.25, 0.3) is 161 Å². The number of pyridine rings is 7. The predicted molar refractivity (Wildman–Crippen MR) is 588 cm³/mol. The summed E-state index contributed by atoms with van der Waals surface area (Å²) >= 11 is 26.6. The van der Waals surface area contributed by atoms with Crippen LogP contribution in [-0.2, 0) is 6.61 Å². The molecule has 32 nitrogen and oxygen atoms in total. The van der Waals surface area contributed by atoms with E-state index in [9.17, 15) is 9.18 Å². The van der Waals surface area contributed by atoms with Crippen molar-refractivity contribution < 1.29 is 36.1 Å². The second-order valence-corrected chi connectivity index (χ2v) is 41.6. The normalized spacial score (nSPS) is 11.3. The molecule has 0 aliphatic heterocycles. The van der Waals surface area contributed by atoms with Crippen molar-refractivity contribution in [3.63, 3.8) is 0 Å². The van der Waals surface area contributed by atoms with E-state index in [0.29, 0.717) is 128 Å². The minimum Gasteiger partial charge on any atom is -0.485 e. The largest absolute Gasteiger partial charge is 0.485 e. The van der Waals surface area contributed by atoms with Gasteiger partial charge < -0.3 is 72.4 Å². The number of carbonyl (C=O) groups excluding carboxylic acids is 1. The maximum atomic E-state index is 13.9. The predicted octanol–water partition coefficient (Wildman–Crippen LogP) is 26.8. The fourth-order valence-electron chi connectivity index (χ4n) is 16.0. The third-order valence-corrected chi connectivity index (χ3v) is 32.8. The summed E-state index contributed by atoms with van der Waals surface area (Å²) in [6.07, 6.45) is 3.91. The lowest BCUT2D eigenvalue weighted by atomic mass is 10.1. The summed E-state index contributed by atoms with van der Waals surface area (Å²) in [5.74, 6) is 4.07. The van der Waals surface area contributed by atoms with Gasteiger partial charge in [0.1, 0.15) is 81.3 Å². The number of nitrogens with one attached hydrogen (secondary N) is 1. The average Bonchev–Trinajstić information content (AvgIpc) is 1.63. The van der Waals surface area contributed by atoms with E-state index in [1.807, 2.05) is 143 Å². The Morgan fingerprint density at radius 2 is 0.760 bits per heavy atom. The molecule has 0 aliphatic rings. The van der Waals surface area contributed by atoms with E-state index in [4.69, 9.17) is 102 Å². The zero-order valence-corrected chi connectivity index (χ0v) is 89.5. The number of hydrogen-bond acceptors (Lipinski definition) is 37. The van der Waals surface area contributed by atoms with E-state index >= 15 is 0 Å². The van der Waals surface area contributed by atoms with E-state index in [0.717, 1.165) is 202 Å². The molecule has 22 aromatic rings. The zero-order chi connectivity index (χ0) is 104. The van der Waals surface area contributed by atoms with Crippen LogP contribution < -0.4 is 50.2 Å². The van der Waals surface area contributed by atoms with Crippen LogP contribution in [0, 0.1) is 124 Å². The number of thiophene rings is 6. The summed E-state index contributed by atoms with van der Waals surface area (Å²) in [5.41, 5.74) is 67.6. The number of fused-ring (bicyclic) bond motifs is 6. The Labute approximate surface area is 874 Å². The quantitative estimate of drug-likeness (QED) is 0.0392. The molecule has 146 heavy (non-hydrogen) atoms. The highest BCUT2D eigenvalue weighted by Gasteiger charge is 2.30. The number of rotatable bonds is 17. The summed E-state index contributed by atoms with van der Waals surface area (Å²) < 4.78 is 48.2. The number of amides is 1. The Balaban J connectivity index is 0.000000120. The van der Waals surface area contributed by atoms with Crippen molar-refractivity contribution in [1.82, 2.24) is 85.8 Å². The summed E-state index contributed by atoms with van der Waals surface area (Å²) in [5, 5.41) is 47.2. The summed E-state index contributed by atoms with van der Waals surface area (Å²) in [4.78, 5) is 56.8. The summed E-state index contributed by atoms with van der Waals surface area (Å²) in [7, 11) is 0. The van der Waals surface area contributed by atoms with Gasteiger partial charge in [-0.15, -0.1) is 109 Å². The van der Waals surface area contributed by atoms with Gasteiger partial charge >= 0.3 is 0 Å². The van der Waals surface area contributed by atoms with Gasteiger partial charge in [0, 0.05) is 85.2 Å². The number of unbranched alkanes of at least 4 members (excludes halogenated alkanes) is 1. The smallest absolute Gasteiger partial charge is 0.270 e. The first-order valence-corrected chi connectivity index (χ1v) is 51.7. The first kappa shape index (κ1) is 103. The Bertz CT molecular complexity index is 8380. The lowest BCUT2D eigenvalue weighted by molar-refractivity contribution is 0.100. The first-order valence-electron chi connectivity index (χ1n) is 45.6. The molecule has 0 unspecified atom stereocenters. The van der Waals surface area contributed by atoms with Crippen LogP contribution in [0.4, 0.5) is 44.3 Å². The summed E-state index contributed by atoms with van der Waals surface area (Å²) in [6.45, 7) is 37.6. The molecule has 4 aromatic carbocycles. The van der Waals surface area contributed by atoms with Crippen molar-refractivity contribution in [2.24, 2.45) is 5.73 Å². The minimum absolute atomic E-state index is 0.127. The Hall–Kier alpha value is -14.9. The van der Waals surface area contributed by atoms with Gasteiger partial charge in [0.2, 0.25) is 17.6 Å². The van der Waals surface area contributed by atoms with Crippen LogP contribution in [-0.4, -0.2) is 98.3 Å². The maximum absolute atomic E-state index is 13.9. The molecule has 15 N–H and O–H groups in total. The number of benzene rings is 4. The van der Waals surface area contributed by atoms with Gasteiger partial charge in [-0.05, 0) is 252 Å². The highest BCUT2D eigenvalue weighted by atomic mass is 35.5. The molecule has 0 fully saturated rings. The fraction of sp³-hybridized carbons (Fsp3) is 0.212. The third-order valence-electron chi connectivity index (χ3n) is 25.2. The standard InChI is InChI=1S/C19H16Cl2N4O2S.C19H18N4OS.C18H15ClN4OS.C18H15FN4OS.C17H15N5OS.C13H18N4OS/c1-8-9(2)15-16(22)17(28-19(15)23-10(8)3)18-24-14(25-27-18)7-26-11-4-5-12(20)13(21)6-11;1-9-7-5-6-8-13(9)17-22-23-18(24-17)16-15(20)14-11(3)10(2)12(4)21-19(14)25-16;2*1-8-9(2)13-14(20)15(25-18(13)21-10(8)3)17-23-22-16(24-17)11-6-4-5-7-12(11)19;1-8-9(2)12-13(18)14(24-17(12)20-10(8)3)16-22-21-15(23-16)11-6-4-5-7-19-11;1-3-4-5-16-8-6-7(2)9-10(14)11(12(15)18)19-13(9)17-8/h4-6H,7,22H2,1-3H3;5-8H,20H2,1-4H3;2*4-7H,20H2,1-3H3;4-7H,18H2,1-3H3;6H,3-5,14H2,1-2H3,(H2,15,18)(H,16,17). The zero-order valence-electron chi connectivity index (χ0n) is 82.3. The lowest BCUT2D eigenvalue weighted by Crippen LogP contribution is -2.10. The molecular weight excluding hydrogens is 2030 g/mol. The molecule has 0 spiro atoms. The number of aryl methyl sites for hydroxylation is 12. The number of nitrogen functional groups attached to an aromatic ring is 6. The van der Waals surface area contributed by atoms with Crippen molar-refractivity contribution in [2.45, 2.75) is 144 Å². The summed E-state index contributed by atoms with van der Waals surface area (Å²) in [6, 6.07) is 34.1. The van der Waals surface area contributed by atoms with Crippen molar-refractivity contribution >= 4 is 210 Å². The molecular formula is C104H97Cl3FN25O7S6. The van der Waals surface area contributed by atoms with Crippen LogP contribution in [0.15, 0.2) is 144 Å². The molecule has 0 saturated heterocycles. The van der Waals surface area contributed by atoms with E-state index in [1.54, 1.807) is 48.7 Å². The molecule has 0 atom stereocenters. The number of aromatic nitrogens is 17. The third kappa shape index (κ3) is 20.4. The van der Waals surface area contributed by atoms with Crippen LogP contribution >= 0.6 is 103 Å². The van der Waals surface area contributed by atoms with Crippen LogP contribution in [0.1, 0.15) is 130 Å². The highest BCUT2D eigenvalue weighted by molar-refractivity contribution is 7.24. The maximum Gasteiger partial charge on any atom is 0.270 e.